The van der Waals surface area contributed by atoms with Crippen molar-refractivity contribution in [3.05, 3.63) is 0 Å². The molecule has 0 aromatic rings. The van der Waals surface area contributed by atoms with Gasteiger partial charge in [-0.2, -0.15) is 0 Å². The molecular weight excluding hydrogens is 378 g/mol. The summed E-state index contributed by atoms with van der Waals surface area (Å²) in [4.78, 5) is 32.0. The number of ether oxygens (including phenoxy) is 1. The molecule has 0 unspecified atom stereocenters. The molecule has 3 saturated heterocycles. The zero-order chi connectivity index (χ0) is 21.5. The SMILES string of the molecule is CCOC(=O)[C@@H]1CCCN(C2CCN([C@@H]3CCC(=O)N(CCC(C)C)CC3)CC2)C1. The molecular formula is C24H43N3O3. The van der Waals surface area contributed by atoms with Gasteiger partial charge in [-0.15, -0.1) is 0 Å². The molecule has 6 nitrogen and oxygen atoms in total. The number of likely N-dealkylation sites (tertiary alicyclic amines) is 3. The molecule has 0 radical (unpaired) electrons. The highest BCUT2D eigenvalue weighted by Crippen LogP contribution is 2.27. The van der Waals surface area contributed by atoms with E-state index in [0.29, 0.717) is 36.9 Å². The molecule has 3 aliphatic rings. The minimum atomic E-state index is -0.00946. The molecule has 0 spiro atoms. The van der Waals surface area contributed by atoms with Crippen molar-refractivity contribution in [3.63, 3.8) is 0 Å². The zero-order valence-corrected chi connectivity index (χ0v) is 19.5. The van der Waals surface area contributed by atoms with Crippen LogP contribution in [0.1, 0.15) is 72.1 Å². The van der Waals surface area contributed by atoms with Gasteiger partial charge >= 0.3 is 5.97 Å². The summed E-state index contributed by atoms with van der Waals surface area (Å²) >= 11 is 0. The van der Waals surface area contributed by atoms with Crippen LogP contribution in [0, 0.1) is 11.8 Å². The van der Waals surface area contributed by atoms with Crippen molar-refractivity contribution >= 4 is 11.9 Å². The van der Waals surface area contributed by atoms with Crippen molar-refractivity contribution in [3.8, 4) is 0 Å². The van der Waals surface area contributed by atoms with E-state index in [9.17, 15) is 9.59 Å². The smallest absolute Gasteiger partial charge is 0.310 e. The molecule has 0 saturated carbocycles. The second kappa shape index (κ2) is 11.5. The Hall–Kier alpha value is -1.14. The number of carbonyl (C=O) groups excluding carboxylic acids is 2. The maximum Gasteiger partial charge on any atom is 0.310 e. The first-order valence-corrected chi connectivity index (χ1v) is 12.4. The van der Waals surface area contributed by atoms with Crippen LogP contribution in [0.25, 0.3) is 0 Å². The molecule has 0 aliphatic carbocycles. The van der Waals surface area contributed by atoms with Gasteiger partial charge in [0.1, 0.15) is 0 Å². The normalized spacial score (nSPS) is 28.0. The van der Waals surface area contributed by atoms with Gasteiger partial charge in [-0.1, -0.05) is 13.8 Å². The van der Waals surface area contributed by atoms with Crippen LogP contribution < -0.4 is 0 Å². The van der Waals surface area contributed by atoms with E-state index in [1.54, 1.807) is 0 Å². The number of hydrogen-bond acceptors (Lipinski definition) is 5. The molecule has 6 heteroatoms. The molecule has 3 rings (SSSR count). The first kappa shape index (κ1) is 23.5. The van der Waals surface area contributed by atoms with Crippen LogP contribution in [0.3, 0.4) is 0 Å². The highest BCUT2D eigenvalue weighted by molar-refractivity contribution is 5.76. The highest BCUT2D eigenvalue weighted by Gasteiger charge is 2.34. The molecule has 30 heavy (non-hydrogen) atoms. The van der Waals surface area contributed by atoms with E-state index in [1.807, 2.05) is 6.92 Å². The Bertz CT molecular complexity index is 560. The molecule has 0 aromatic carbocycles. The first-order chi connectivity index (χ1) is 14.5. The summed E-state index contributed by atoms with van der Waals surface area (Å²) in [5.74, 6) is 1.05. The summed E-state index contributed by atoms with van der Waals surface area (Å²) in [6.45, 7) is 12.9. The van der Waals surface area contributed by atoms with Crippen LogP contribution in [-0.4, -0.2) is 84.5 Å². The van der Waals surface area contributed by atoms with Crippen LogP contribution in [0.2, 0.25) is 0 Å². The van der Waals surface area contributed by atoms with Gasteiger partial charge in [-0.25, -0.2) is 0 Å². The van der Waals surface area contributed by atoms with Gasteiger partial charge in [0.15, 0.2) is 0 Å². The highest BCUT2D eigenvalue weighted by atomic mass is 16.5. The van der Waals surface area contributed by atoms with Crippen molar-refractivity contribution in [1.82, 2.24) is 14.7 Å². The van der Waals surface area contributed by atoms with E-state index in [2.05, 4.69) is 28.5 Å². The van der Waals surface area contributed by atoms with E-state index in [4.69, 9.17) is 4.74 Å². The van der Waals surface area contributed by atoms with Crippen LogP contribution in [0.4, 0.5) is 0 Å². The fourth-order valence-corrected chi connectivity index (χ4v) is 5.44. The lowest BCUT2D eigenvalue weighted by Gasteiger charge is -2.43. The summed E-state index contributed by atoms with van der Waals surface area (Å²) in [5, 5.41) is 0. The third kappa shape index (κ3) is 6.43. The van der Waals surface area contributed by atoms with E-state index < -0.39 is 0 Å². The maximum atomic E-state index is 12.5. The van der Waals surface area contributed by atoms with Gasteiger partial charge in [0.2, 0.25) is 5.91 Å². The van der Waals surface area contributed by atoms with E-state index in [0.717, 1.165) is 71.4 Å². The lowest BCUT2D eigenvalue weighted by Crippen LogP contribution is -2.51. The Labute approximate surface area is 183 Å². The Morgan fingerprint density at radius 1 is 1.00 bits per heavy atom. The van der Waals surface area contributed by atoms with Crippen LogP contribution >= 0.6 is 0 Å². The number of esters is 1. The van der Waals surface area contributed by atoms with E-state index >= 15 is 0 Å². The van der Waals surface area contributed by atoms with Crippen LogP contribution in [0.5, 0.6) is 0 Å². The summed E-state index contributed by atoms with van der Waals surface area (Å²) in [7, 11) is 0. The van der Waals surface area contributed by atoms with Gasteiger partial charge in [0, 0.05) is 38.1 Å². The Kier molecular flexibility index (Phi) is 8.99. The second-order valence-electron chi connectivity index (χ2n) is 9.90. The third-order valence-electron chi connectivity index (χ3n) is 7.36. The largest absolute Gasteiger partial charge is 0.466 e. The second-order valence-corrected chi connectivity index (χ2v) is 9.90. The number of carbonyl (C=O) groups is 2. The predicted octanol–water partition coefficient (Wildman–Crippen LogP) is 3.15. The summed E-state index contributed by atoms with van der Waals surface area (Å²) in [6, 6.07) is 1.14. The number of hydrogen-bond donors (Lipinski definition) is 0. The van der Waals surface area contributed by atoms with Crippen molar-refractivity contribution in [2.75, 3.05) is 45.9 Å². The van der Waals surface area contributed by atoms with Crippen LogP contribution in [0.15, 0.2) is 0 Å². The molecule has 0 N–H and O–H groups in total. The van der Waals surface area contributed by atoms with Crippen molar-refractivity contribution in [1.29, 1.82) is 0 Å². The number of nitrogens with zero attached hydrogens (tertiary/aromatic N) is 3. The van der Waals surface area contributed by atoms with Gasteiger partial charge < -0.3 is 14.5 Å². The van der Waals surface area contributed by atoms with Gasteiger partial charge in [-0.3, -0.25) is 14.5 Å². The first-order valence-electron chi connectivity index (χ1n) is 12.4. The minimum absolute atomic E-state index is 0.00946. The predicted molar refractivity (Wildman–Crippen MR) is 119 cm³/mol. The molecule has 1 amide bonds. The van der Waals surface area contributed by atoms with Crippen molar-refractivity contribution < 1.29 is 14.3 Å². The standard InChI is InChI=1S/C24H43N3O3/c1-4-30-24(29)20-6-5-13-27(18-20)22-10-15-25(16-11-22)21-7-8-23(28)26(17-12-21)14-9-19(2)3/h19-22H,4-18H2,1-3H3/t20-,21-/m1/s1. The number of piperidine rings is 2. The summed E-state index contributed by atoms with van der Waals surface area (Å²) in [5.41, 5.74) is 0. The average Bonchev–Trinajstić information content (AvgIpc) is 2.94. The molecule has 0 bridgehead atoms. The van der Waals surface area contributed by atoms with Gasteiger partial charge in [0.25, 0.3) is 0 Å². The van der Waals surface area contributed by atoms with E-state index in [1.165, 1.54) is 12.8 Å². The summed E-state index contributed by atoms with van der Waals surface area (Å²) < 4.78 is 5.27. The van der Waals surface area contributed by atoms with Gasteiger partial charge in [0.05, 0.1) is 12.5 Å². The minimum Gasteiger partial charge on any atom is -0.466 e. The summed E-state index contributed by atoms with van der Waals surface area (Å²) in [6.07, 6.45) is 8.35. The van der Waals surface area contributed by atoms with Crippen molar-refractivity contribution in [2.45, 2.75) is 84.2 Å². The van der Waals surface area contributed by atoms with Gasteiger partial charge in [-0.05, 0) is 77.4 Å². The molecule has 3 fully saturated rings. The maximum absolute atomic E-state index is 12.5. The zero-order valence-electron chi connectivity index (χ0n) is 19.5. The fourth-order valence-electron chi connectivity index (χ4n) is 5.44. The Morgan fingerprint density at radius 3 is 2.40 bits per heavy atom. The quantitative estimate of drug-likeness (QED) is 0.591. The Balaban J connectivity index is 1.45. The molecule has 0 aromatic heterocycles. The van der Waals surface area contributed by atoms with E-state index in [-0.39, 0.29) is 11.9 Å². The molecule has 3 aliphatic heterocycles. The number of amides is 1. The molecule has 172 valence electrons. The third-order valence-corrected chi connectivity index (χ3v) is 7.36. The van der Waals surface area contributed by atoms with Crippen molar-refractivity contribution in [2.24, 2.45) is 11.8 Å². The monoisotopic (exact) mass is 421 g/mol. The molecule has 2 atom stereocenters. The average molecular weight is 422 g/mol. The lowest BCUT2D eigenvalue weighted by atomic mass is 9.93. The number of rotatable bonds is 7. The fraction of sp³-hybridized carbons (Fsp3) is 0.917. The molecule has 3 heterocycles. The lowest BCUT2D eigenvalue weighted by molar-refractivity contribution is -0.150. The Morgan fingerprint density at radius 2 is 1.70 bits per heavy atom. The topological polar surface area (TPSA) is 53.1 Å². The van der Waals surface area contributed by atoms with Crippen LogP contribution in [-0.2, 0) is 14.3 Å².